The lowest BCUT2D eigenvalue weighted by atomic mass is 10.1. The molecule has 1 aromatic heterocycles. The summed E-state index contributed by atoms with van der Waals surface area (Å²) < 4.78 is 5.11. The van der Waals surface area contributed by atoms with E-state index in [1.165, 1.54) is 17.4 Å². The van der Waals surface area contributed by atoms with Gasteiger partial charge in [-0.3, -0.25) is 9.59 Å². The Bertz CT molecular complexity index is 1020. The lowest BCUT2D eigenvalue weighted by Crippen LogP contribution is -2.21. The Hall–Kier alpha value is -3.45. The van der Waals surface area contributed by atoms with Crippen LogP contribution in [0.5, 0.6) is 0 Å². The van der Waals surface area contributed by atoms with Gasteiger partial charge in [-0.15, -0.1) is 11.3 Å². The van der Waals surface area contributed by atoms with Gasteiger partial charge in [0.05, 0.1) is 10.4 Å². The Morgan fingerprint density at radius 2 is 1.79 bits per heavy atom. The monoisotopic (exact) mass is 408 g/mol. The number of para-hydroxylation sites is 1. The minimum absolute atomic E-state index is 0.246. The largest absolute Gasteiger partial charge is 0.452 e. The summed E-state index contributed by atoms with van der Waals surface area (Å²) in [7, 11) is 0. The van der Waals surface area contributed by atoms with E-state index in [0.29, 0.717) is 16.3 Å². The molecule has 29 heavy (non-hydrogen) atoms. The Labute approximate surface area is 172 Å². The van der Waals surface area contributed by atoms with E-state index in [9.17, 15) is 14.4 Å². The molecular weight excluding hydrogens is 388 g/mol. The van der Waals surface area contributed by atoms with Crippen LogP contribution < -0.4 is 10.6 Å². The Morgan fingerprint density at radius 1 is 0.966 bits per heavy atom. The zero-order valence-electron chi connectivity index (χ0n) is 15.8. The van der Waals surface area contributed by atoms with Crippen LogP contribution in [-0.2, 0) is 16.0 Å². The van der Waals surface area contributed by atoms with Gasteiger partial charge in [0.15, 0.2) is 6.61 Å². The van der Waals surface area contributed by atoms with E-state index >= 15 is 0 Å². The van der Waals surface area contributed by atoms with Crippen molar-refractivity contribution in [3.05, 3.63) is 82.0 Å². The first-order valence-corrected chi connectivity index (χ1v) is 9.94. The Balaban J connectivity index is 1.56. The number of carbonyl (C=O) groups is 3. The molecule has 7 heteroatoms. The fraction of sp³-hybridized carbons (Fsp3) is 0.136. The molecule has 0 bridgehead atoms. The average molecular weight is 408 g/mol. The predicted octanol–water partition coefficient (Wildman–Crippen LogP) is 4.36. The SMILES string of the molecule is CCc1ccccc1NC(=O)COC(=O)c1cccc(NC(=O)c2cccs2)c1. The number of rotatable bonds is 7. The van der Waals surface area contributed by atoms with Crippen LogP contribution in [0.3, 0.4) is 0 Å². The lowest BCUT2D eigenvalue weighted by Gasteiger charge is -2.10. The highest BCUT2D eigenvalue weighted by molar-refractivity contribution is 7.12. The highest BCUT2D eigenvalue weighted by atomic mass is 32.1. The molecule has 148 valence electrons. The second kappa shape index (κ2) is 9.66. The van der Waals surface area contributed by atoms with Gasteiger partial charge in [0.25, 0.3) is 11.8 Å². The molecule has 0 spiro atoms. The average Bonchev–Trinajstić information content (AvgIpc) is 3.28. The number of aryl methyl sites for hydroxylation is 1. The summed E-state index contributed by atoms with van der Waals surface area (Å²) in [6.07, 6.45) is 0.778. The van der Waals surface area contributed by atoms with E-state index in [1.54, 1.807) is 36.4 Å². The van der Waals surface area contributed by atoms with Gasteiger partial charge in [-0.1, -0.05) is 37.3 Å². The van der Waals surface area contributed by atoms with Gasteiger partial charge >= 0.3 is 5.97 Å². The molecule has 0 fully saturated rings. The van der Waals surface area contributed by atoms with E-state index in [1.807, 2.05) is 30.5 Å². The van der Waals surface area contributed by atoms with Gasteiger partial charge in [-0.25, -0.2) is 4.79 Å². The van der Waals surface area contributed by atoms with Gasteiger partial charge in [-0.05, 0) is 47.7 Å². The molecule has 2 amide bonds. The molecule has 6 nitrogen and oxygen atoms in total. The van der Waals surface area contributed by atoms with Crippen LogP contribution in [0.1, 0.15) is 32.5 Å². The number of hydrogen-bond donors (Lipinski definition) is 2. The van der Waals surface area contributed by atoms with E-state index in [-0.39, 0.29) is 11.5 Å². The van der Waals surface area contributed by atoms with E-state index < -0.39 is 18.5 Å². The second-order valence-corrected chi connectivity index (χ2v) is 7.09. The third kappa shape index (κ3) is 5.52. The van der Waals surface area contributed by atoms with Crippen molar-refractivity contribution < 1.29 is 19.1 Å². The van der Waals surface area contributed by atoms with Crippen LogP contribution >= 0.6 is 11.3 Å². The minimum atomic E-state index is -0.642. The first-order chi connectivity index (χ1) is 14.1. The number of anilines is 2. The number of amides is 2. The maximum Gasteiger partial charge on any atom is 0.338 e. The first-order valence-electron chi connectivity index (χ1n) is 9.06. The van der Waals surface area contributed by atoms with Gasteiger partial charge < -0.3 is 15.4 Å². The molecule has 0 aliphatic rings. The molecule has 2 N–H and O–H groups in total. The molecule has 1 heterocycles. The molecule has 0 radical (unpaired) electrons. The Kier molecular flexibility index (Phi) is 6.76. The number of hydrogen-bond acceptors (Lipinski definition) is 5. The van der Waals surface area contributed by atoms with Crippen LogP contribution in [0.25, 0.3) is 0 Å². The van der Waals surface area contributed by atoms with Crippen LogP contribution in [-0.4, -0.2) is 24.4 Å². The Morgan fingerprint density at radius 3 is 2.55 bits per heavy atom. The van der Waals surface area contributed by atoms with Crippen LogP contribution in [0.4, 0.5) is 11.4 Å². The first kappa shape index (κ1) is 20.3. The summed E-state index contributed by atoms with van der Waals surface area (Å²) >= 11 is 1.33. The van der Waals surface area contributed by atoms with Crippen LogP contribution in [0.2, 0.25) is 0 Å². The molecule has 0 atom stereocenters. The van der Waals surface area contributed by atoms with Crippen LogP contribution in [0, 0.1) is 0 Å². The molecule has 0 saturated heterocycles. The fourth-order valence-corrected chi connectivity index (χ4v) is 3.29. The second-order valence-electron chi connectivity index (χ2n) is 6.15. The normalized spacial score (nSPS) is 10.2. The molecule has 0 aliphatic heterocycles. The van der Waals surface area contributed by atoms with Gasteiger partial charge in [0, 0.05) is 11.4 Å². The summed E-state index contributed by atoms with van der Waals surface area (Å²) in [5, 5.41) is 7.30. The van der Waals surface area contributed by atoms with E-state index in [0.717, 1.165) is 12.0 Å². The number of benzene rings is 2. The number of nitrogens with one attached hydrogen (secondary N) is 2. The van der Waals surface area contributed by atoms with Crippen molar-refractivity contribution in [2.24, 2.45) is 0 Å². The topological polar surface area (TPSA) is 84.5 Å². The smallest absolute Gasteiger partial charge is 0.338 e. The zero-order valence-corrected chi connectivity index (χ0v) is 16.6. The molecule has 0 saturated carbocycles. The number of ether oxygens (including phenoxy) is 1. The van der Waals surface area contributed by atoms with Crippen molar-refractivity contribution in [1.82, 2.24) is 0 Å². The third-order valence-corrected chi connectivity index (χ3v) is 4.98. The molecule has 3 aromatic rings. The van der Waals surface area contributed by atoms with Crippen molar-refractivity contribution in [3.8, 4) is 0 Å². The zero-order chi connectivity index (χ0) is 20.6. The van der Waals surface area contributed by atoms with Gasteiger partial charge in [0.1, 0.15) is 0 Å². The number of thiophene rings is 1. The number of carbonyl (C=O) groups excluding carboxylic acids is 3. The van der Waals surface area contributed by atoms with E-state index in [2.05, 4.69) is 10.6 Å². The molecule has 0 aliphatic carbocycles. The molecular formula is C22H20N2O4S. The third-order valence-electron chi connectivity index (χ3n) is 4.11. The summed E-state index contributed by atoms with van der Waals surface area (Å²) in [6.45, 7) is 1.60. The summed E-state index contributed by atoms with van der Waals surface area (Å²) in [4.78, 5) is 37.1. The highest BCUT2D eigenvalue weighted by Crippen LogP contribution is 2.17. The number of esters is 1. The highest BCUT2D eigenvalue weighted by Gasteiger charge is 2.13. The maximum atomic E-state index is 12.3. The maximum absolute atomic E-state index is 12.3. The van der Waals surface area contributed by atoms with Crippen molar-refractivity contribution in [2.75, 3.05) is 17.2 Å². The standard InChI is InChI=1S/C22H20N2O4S/c1-2-15-7-3-4-10-18(15)24-20(25)14-28-22(27)16-8-5-9-17(13-16)23-21(26)19-11-6-12-29-19/h3-13H,2,14H2,1H3,(H,23,26)(H,24,25). The van der Waals surface area contributed by atoms with Gasteiger partial charge in [0.2, 0.25) is 0 Å². The van der Waals surface area contributed by atoms with Crippen molar-refractivity contribution in [2.45, 2.75) is 13.3 Å². The van der Waals surface area contributed by atoms with Crippen LogP contribution in [0.15, 0.2) is 66.0 Å². The molecule has 0 unspecified atom stereocenters. The van der Waals surface area contributed by atoms with Crippen molar-refractivity contribution in [1.29, 1.82) is 0 Å². The summed E-state index contributed by atoms with van der Waals surface area (Å²) in [6, 6.07) is 17.4. The molecule has 2 aromatic carbocycles. The van der Waals surface area contributed by atoms with Gasteiger partial charge in [-0.2, -0.15) is 0 Å². The van der Waals surface area contributed by atoms with E-state index in [4.69, 9.17) is 4.74 Å². The van der Waals surface area contributed by atoms with Crippen molar-refractivity contribution in [3.63, 3.8) is 0 Å². The van der Waals surface area contributed by atoms with Crippen molar-refractivity contribution >= 4 is 40.5 Å². The summed E-state index contributed by atoms with van der Waals surface area (Å²) in [5.74, 6) is -1.31. The lowest BCUT2D eigenvalue weighted by molar-refractivity contribution is -0.119. The fourth-order valence-electron chi connectivity index (χ4n) is 2.68. The summed E-state index contributed by atoms with van der Waals surface area (Å²) in [5.41, 5.74) is 2.42. The predicted molar refractivity (Wildman–Crippen MR) is 113 cm³/mol. The minimum Gasteiger partial charge on any atom is -0.452 e. The molecule has 3 rings (SSSR count). The quantitative estimate of drug-likeness (QED) is 0.569.